The fraction of sp³-hybridized carbons (Fsp3) is 0.167. The zero-order chi connectivity index (χ0) is 21.5. The molecule has 0 aromatic heterocycles. The van der Waals surface area contributed by atoms with Crippen LogP contribution in [0.4, 0.5) is 0 Å². The summed E-state index contributed by atoms with van der Waals surface area (Å²) in [5.41, 5.74) is 2.76. The normalized spacial score (nSPS) is 10.5. The lowest BCUT2D eigenvalue weighted by Gasteiger charge is -2.11. The highest BCUT2D eigenvalue weighted by Gasteiger charge is 2.12. The molecule has 0 spiro atoms. The summed E-state index contributed by atoms with van der Waals surface area (Å²) in [5, 5.41) is 0.716. The van der Waals surface area contributed by atoms with Crippen LogP contribution < -0.4 is 4.74 Å². The Kier molecular flexibility index (Phi) is 7.55. The van der Waals surface area contributed by atoms with Crippen LogP contribution in [-0.4, -0.2) is 18.9 Å². The third-order valence-corrected chi connectivity index (χ3v) is 5.79. The SMILES string of the molecule is COc1ccc(C(C)=O)cc1COC(=O)c1ccc(CSc2ccc(Cl)cc2)cc1. The summed E-state index contributed by atoms with van der Waals surface area (Å²) in [6.45, 7) is 1.52. The van der Waals surface area contributed by atoms with Gasteiger partial charge in [0.05, 0.1) is 12.7 Å². The first-order chi connectivity index (χ1) is 14.5. The maximum absolute atomic E-state index is 12.4. The number of hydrogen-bond acceptors (Lipinski definition) is 5. The molecule has 0 heterocycles. The number of rotatable bonds is 8. The quantitative estimate of drug-likeness (QED) is 0.237. The van der Waals surface area contributed by atoms with E-state index in [1.54, 1.807) is 42.1 Å². The van der Waals surface area contributed by atoms with E-state index in [4.69, 9.17) is 21.1 Å². The highest BCUT2D eigenvalue weighted by atomic mass is 35.5. The van der Waals surface area contributed by atoms with Gasteiger partial charge < -0.3 is 9.47 Å². The standard InChI is InChI=1S/C24H21ClO4S/c1-16(26)19-7-12-23(28-2)20(13-19)14-29-24(27)18-5-3-17(4-6-18)15-30-22-10-8-21(25)9-11-22/h3-13H,14-15H2,1-2H3. The van der Waals surface area contributed by atoms with Crippen molar-refractivity contribution >= 4 is 35.1 Å². The van der Waals surface area contributed by atoms with Crippen LogP contribution in [0.25, 0.3) is 0 Å². The van der Waals surface area contributed by atoms with Crippen LogP contribution in [0.15, 0.2) is 71.6 Å². The van der Waals surface area contributed by atoms with Gasteiger partial charge in [0.2, 0.25) is 0 Å². The van der Waals surface area contributed by atoms with Crippen molar-refractivity contribution in [3.8, 4) is 5.75 Å². The van der Waals surface area contributed by atoms with Gasteiger partial charge in [-0.15, -0.1) is 11.8 Å². The minimum atomic E-state index is -0.429. The maximum Gasteiger partial charge on any atom is 0.338 e. The van der Waals surface area contributed by atoms with Crippen LogP contribution in [0.5, 0.6) is 5.75 Å². The van der Waals surface area contributed by atoms with Crippen molar-refractivity contribution in [1.29, 1.82) is 0 Å². The van der Waals surface area contributed by atoms with E-state index in [1.807, 2.05) is 36.4 Å². The first kappa shape index (κ1) is 21.9. The second kappa shape index (κ2) is 10.3. The Bertz CT molecular complexity index is 1030. The lowest BCUT2D eigenvalue weighted by Crippen LogP contribution is -2.07. The molecular weight excluding hydrogens is 420 g/mol. The molecule has 0 bridgehead atoms. The molecule has 0 amide bonds. The van der Waals surface area contributed by atoms with E-state index in [0.29, 0.717) is 27.5 Å². The maximum atomic E-state index is 12.4. The third kappa shape index (κ3) is 5.88. The minimum absolute atomic E-state index is 0.0251. The summed E-state index contributed by atoms with van der Waals surface area (Å²) < 4.78 is 10.7. The van der Waals surface area contributed by atoms with Gasteiger partial charge in [0.15, 0.2) is 5.78 Å². The van der Waals surface area contributed by atoms with E-state index in [0.717, 1.165) is 16.2 Å². The summed E-state index contributed by atoms with van der Waals surface area (Å²) in [5.74, 6) is 0.869. The second-order valence-corrected chi connectivity index (χ2v) is 8.08. The molecule has 6 heteroatoms. The van der Waals surface area contributed by atoms with E-state index in [-0.39, 0.29) is 12.4 Å². The molecule has 0 aliphatic rings. The number of hydrogen-bond donors (Lipinski definition) is 0. The molecule has 3 rings (SSSR count). The number of methoxy groups -OCH3 is 1. The van der Waals surface area contributed by atoms with Crippen LogP contribution in [0, 0.1) is 0 Å². The number of halogens is 1. The zero-order valence-corrected chi connectivity index (χ0v) is 18.3. The van der Waals surface area contributed by atoms with Gasteiger partial charge in [-0.2, -0.15) is 0 Å². The van der Waals surface area contributed by atoms with Gasteiger partial charge in [0.25, 0.3) is 0 Å². The number of carbonyl (C=O) groups is 2. The number of benzene rings is 3. The highest BCUT2D eigenvalue weighted by molar-refractivity contribution is 7.98. The van der Waals surface area contributed by atoms with Crippen LogP contribution >= 0.6 is 23.4 Å². The van der Waals surface area contributed by atoms with E-state index in [2.05, 4.69) is 0 Å². The van der Waals surface area contributed by atoms with Crippen molar-refractivity contribution in [3.05, 3.63) is 94.0 Å². The molecule has 0 atom stereocenters. The van der Waals surface area contributed by atoms with Gasteiger partial charge in [-0.05, 0) is 67.1 Å². The number of Topliss-reactive ketones (excluding diaryl/α,β-unsaturated/α-hetero) is 1. The van der Waals surface area contributed by atoms with Crippen molar-refractivity contribution in [1.82, 2.24) is 0 Å². The molecule has 3 aromatic carbocycles. The molecule has 0 radical (unpaired) electrons. The largest absolute Gasteiger partial charge is 0.496 e. The van der Waals surface area contributed by atoms with Crippen LogP contribution in [0.3, 0.4) is 0 Å². The molecule has 0 saturated carbocycles. The van der Waals surface area contributed by atoms with E-state index >= 15 is 0 Å². The number of esters is 1. The van der Waals surface area contributed by atoms with Gasteiger partial charge in [-0.25, -0.2) is 4.79 Å². The molecule has 0 N–H and O–H groups in total. The van der Waals surface area contributed by atoms with Gasteiger partial charge in [0, 0.05) is 26.8 Å². The Balaban J connectivity index is 1.59. The molecule has 3 aromatic rings. The monoisotopic (exact) mass is 440 g/mol. The Morgan fingerprint density at radius 3 is 2.23 bits per heavy atom. The average Bonchev–Trinajstić information content (AvgIpc) is 2.77. The molecule has 0 unspecified atom stereocenters. The van der Waals surface area contributed by atoms with Gasteiger partial charge in [-0.1, -0.05) is 23.7 Å². The fourth-order valence-electron chi connectivity index (χ4n) is 2.77. The van der Waals surface area contributed by atoms with Crippen LogP contribution in [-0.2, 0) is 17.1 Å². The third-order valence-electron chi connectivity index (χ3n) is 4.45. The van der Waals surface area contributed by atoms with E-state index < -0.39 is 5.97 Å². The van der Waals surface area contributed by atoms with Gasteiger partial charge in [-0.3, -0.25) is 4.79 Å². The van der Waals surface area contributed by atoms with Crippen molar-refractivity contribution in [2.45, 2.75) is 24.2 Å². The van der Waals surface area contributed by atoms with Crippen molar-refractivity contribution < 1.29 is 19.1 Å². The minimum Gasteiger partial charge on any atom is -0.496 e. The Labute approximate surface area is 185 Å². The van der Waals surface area contributed by atoms with Gasteiger partial charge in [0.1, 0.15) is 12.4 Å². The second-order valence-electron chi connectivity index (χ2n) is 6.60. The summed E-state index contributed by atoms with van der Waals surface area (Å²) >= 11 is 7.60. The van der Waals surface area contributed by atoms with Gasteiger partial charge >= 0.3 is 5.97 Å². The van der Waals surface area contributed by atoms with Crippen LogP contribution in [0.1, 0.15) is 38.8 Å². The van der Waals surface area contributed by atoms with Crippen molar-refractivity contribution in [3.63, 3.8) is 0 Å². The Morgan fingerprint density at radius 1 is 0.933 bits per heavy atom. The summed E-state index contributed by atoms with van der Waals surface area (Å²) in [6.07, 6.45) is 0. The van der Waals surface area contributed by atoms with Crippen LogP contribution in [0.2, 0.25) is 5.02 Å². The predicted octanol–water partition coefficient (Wildman–Crippen LogP) is 6.20. The molecule has 30 heavy (non-hydrogen) atoms. The molecule has 4 nitrogen and oxygen atoms in total. The van der Waals surface area contributed by atoms with Crippen molar-refractivity contribution in [2.24, 2.45) is 0 Å². The number of carbonyl (C=O) groups excluding carboxylic acids is 2. The van der Waals surface area contributed by atoms with Crippen molar-refractivity contribution in [2.75, 3.05) is 7.11 Å². The molecule has 0 aliphatic heterocycles. The average molecular weight is 441 g/mol. The Hall–Kier alpha value is -2.76. The molecule has 0 fully saturated rings. The molecule has 0 saturated heterocycles. The lowest BCUT2D eigenvalue weighted by molar-refractivity contribution is 0.0470. The smallest absolute Gasteiger partial charge is 0.338 e. The fourth-order valence-corrected chi connectivity index (χ4v) is 3.75. The zero-order valence-electron chi connectivity index (χ0n) is 16.7. The summed E-state index contributed by atoms with van der Waals surface area (Å²) in [7, 11) is 1.54. The highest BCUT2D eigenvalue weighted by Crippen LogP contribution is 2.25. The molecule has 154 valence electrons. The molecule has 0 aliphatic carbocycles. The predicted molar refractivity (Wildman–Crippen MR) is 120 cm³/mol. The number of thioether (sulfide) groups is 1. The molecular formula is C24H21ClO4S. The Morgan fingerprint density at radius 2 is 1.60 bits per heavy atom. The number of ketones is 1. The number of ether oxygens (including phenoxy) is 2. The lowest BCUT2D eigenvalue weighted by atomic mass is 10.1. The first-order valence-electron chi connectivity index (χ1n) is 9.28. The summed E-state index contributed by atoms with van der Waals surface area (Å²) in [4.78, 5) is 25.1. The summed E-state index contributed by atoms with van der Waals surface area (Å²) in [6, 6.07) is 20.1. The first-order valence-corrected chi connectivity index (χ1v) is 10.6. The topological polar surface area (TPSA) is 52.6 Å². The van der Waals surface area contributed by atoms with E-state index in [9.17, 15) is 9.59 Å². The van der Waals surface area contributed by atoms with E-state index in [1.165, 1.54) is 14.0 Å².